The molecule has 8 heteroatoms. The normalized spacial score (nSPS) is 17.1. The number of carbonyl (C=O) groups is 1. The van der Waals surface area contributed by atoms with Crippen molar-refractivity contribution in [2.75, 3.05) is 32.7 Å². The Morgan fingerprint density at radius 3 is 2.43 bits per heavy atom. The minimum Gasteiger partial charge on any atom is -0.336 e. The van der Waals surface area contributed by atoms with Gasteiger partial charge in [-0.1, -0.05) is 6.07 Å². The molecule has 1 aromatic rings. The molecule has 0 unspecified atom stereocenters. The van der Waals surface area contributed by atoms with E-state index in [1.54, 1.807) is 17.0 Å². The Labute approximate surface area is 142 Å². The van der Waals surface area contributed by atoms with Gasteiger partial charge in [-0.3, -0.25) is 9.69 Å². The van der Waals surface area contributed by atoms with E-state index in [1.165, 1.54) is 4.90 Å². The first-order valence-corrected chi connectivity index (χ1v) is 8.17. The Morgan fingerprint density at radius 1 is 1.24 bits per heavy atom. The molecule has 1 amide bonds. The van der Waals surface area contributed by atoms with Crippen LogP contribution in [0, 0.1) is 3.57 Å². The molecule has 0 N–H and O–H groups in total. The van der Waals surface area contributed by atoms with Crippen LogP contribution in [0.5, 0.6) is 0 Å². The van der Waals surface area contributed by atoms with Crippen LogP contribution >= 0.6 is 38.5 Å². The third kappa shape index (κ3) is 4.56. The molecule has 0 aliphatic carbocycles. The van der Waals surface area contributed by atoms with E-state index in [-0.39, 0.29) is 19.0 Å². The summed E-state index contributed by atoms with van der Waals surface area (Å²) in [5, 5.41) is 0. The van der Waals surface area contributed by atoms with Crippen LogP contribution < -0.4 is 0 Å². The summed E-state index contributed by atoms with van der Waals surface area (Å²) < 4.78 is 38.6. The SMILES string of the molecule is O=C(c1cccc(I)c1Br)N1CCN(CC(F)(F)F)CC1. The van der Waals surface area contributed by atoms with Gasteiger partial charge in [0.25, 0.3) is 5.91 Å². The quantitative estimate of drug-likeness (QED) is 0.611. The van der Waals surface area contributed by atoms with Crippen molar-refractivity contribution in [1.82, 2.24) is 9.80 Å². The van der Waals surface area contributed by atoms with Gasteiger partial charge in [0.2, 0.25) is 0 Å². The number of benzene rings is 1. The van der Waals surface area contributed by atoms with Crippen molar-refractivity contribution in [3.63, 3.8) is 0 Å². The summed E-state index contributed by atoms with van der Waals surface area (Å²) in [6.45, 7) is 0.196. The summed E-state index contributed by atoms with van der Waals surface area (Å²) in [5.41, 5.74) is 0.547. The maximum absolute atomic E-state index is 12.4. The molecule has 1 saturated heterocycles. The molecule has 1 aromatic carbocycles. The van der Waals surface area contributed by atoms with E-state index < -0.39 is 12.7 Å². The van der Waals surface area contributed by atoms with Crippen molar-refractivity contribution in [3.05, 3.63) is 31.8 Å². The molecule has 3 nitrogen and oxygen atoms in total. The van der Waals surface area contributed by atoms with Crippen LogP contribution in [0.3, 0.4) is 0 Å². The predicted octanol–water partition coefficient (Wildman–Crippen LogP) is 3.37. The van der Waals surface area contributed by atoms with E-state index in [0.717, 1.165) is 8.04 Å². The Morgan fingerprint density at radius 2 is 1.86 bits per heavy atom. The highest BCUT2D eigenvalue weighted by Crippen LogP contribution is 2.25. The van der Waals surface area contributed by atoms with E-state index >= 15 is 0 Å². The summed E-state index contributed by atoms with van der Waals surface area (Å²) in [4.78, 5) is 15.3. The fraction of sp³-hybridized carbons (Fsp3) is 0.462. The summed E-state index contributed by atoms with van der Waals surface area (Å²) in [7, 11) is 0. The number of carbonyl (C=O) groups excluding carboxylic acids is 1. The van der Waals surface area contributed by atoms with Crippen molar-refractivity contribution >= 4 is 44.4 Å². The second-order valence-corrected chi connectivity index (χ2v) is 6.74. The molecule has 0 atom stereocenters. The molecule has 1 heterocycles. The lowest BCUT2D eigenvalue weighted by atomic mass is 10.2. The lowest BCUT2D eigenvalue weighted by molar-refractivity contribution is -0.148. The number of hydrogen-bond acceptors (Lipinski definition) is 2. The predicted molar refractivity (Wildman–Crippen MR) is 85.3 cm³/mol. The maximum atomic E-state index is 12.4. The van der Waals surface area contributed by atoms with Crippen molar-refractivity contribution in [3.8, 4) is 0 Å². The van der Waals surface area contributed by atoms with Gasteiger partial charge in [0.15, 0.2) is 0 Å². The lowest BCUT2D eigenvalue weighted by Crippen LogP contribution is -2.51. The van der Waals surface area contributed by atoms with Gasteiger partial charge in [-0.25, -0.2) is 0 Å². The summed E-state index contributed by atoms with van der Waals surface area (Å²) in [6.07, 6.45) is -4.19. The van der Waals surface area contributed by atoms with Crippen LogP contribution in [0.4, 0.5) is 13.2 Å². The Hall–Kier alpha value is -0.350. The van der Waals surface area contributed by atoms with Gasteiger partial charge in [-0.15, -0.1) is 0 Å². The first-order valence-electron chi connectivity index (χ1n) is 6.30. The van der Waals surface area contributed by atoms with Crippen LogP contribution in [-0.4, -0.2) is 54.6 Å². The van der Waals surface area contributed by atoms with Crippen molar-refractivity contribution in [2.24, 2.45) is 0 Å². The zero-order valence-corrected chi connectivity index (χ0v) is 14.7. The Kier molecular flexibility index (Phi) is 5.53. The summed E-state index contributed by atoms with van der Waals surface area (Å²) in [5.74, 6) is -0.146. The molecule has 116 valence electrons. The van der Waals surface area contributed by atoms with Gasteiger partial charge < -0.3 is 4.90 Å². The van der Waals surface area contributed by atoms with Gasteiger partial charge in [-0.2, -0.15) is 13.2 Å². The molecule has 21 heavy (non-hydrogen) atoms. The second kappa shape index (κ2) is 6.82. The topological polar surface area (TPSA) is 23.6 Å². The zero-order chi connectivity index (χ0) is 15.6. The smallest absolute Gasteiger partial charge is 0.336 e. The van der Waals surface area contributed by atoms with Crippen LogP contribution in [-0.2, 0) is 0 Å². The number of rotatable bonds is 2. The number of amides is 1. The molecule has 1 fully saturated rings. The highest BCUT2D eigenvalue weighted by molar-refractivity contribution is 14.1. The van der Waals surface area contributed by atoms with Crippen molar-refractivity contribution in [2.45, 2.75) is 6.18 Å². The van der Waals surface area contributed by atoms with Crippen LogP contribution in [0.1, 0.15) is 10.4 Å². The molecule has 2 rings (SSSR count). The third-order valence-electron chi connectivity index (χ3n) is 3.24. The zero-order valence-electron chi connectivity index (χ0n) is 11.0. The number of alkyl halides is 3. The minimum absolute atomic E-state index is 0.146. The Bertz CT molecular complexity index is 531. The van der Waals surface area contributed by atoms with E-state index in [2.05, 4.69) is 38.5 Å². The Balaban J connectivity index is 1.99. The van der Waals surface area contributed by atoms with Crippen molar-refractivity contribution in [1.29, 1.82) is 0 Å². The third-order valence-corrected chi connectivity index (χ3v) is 5.74. The number of nitrogens with zero attached hydrogens (tertiary/aromatic N) is 2. The van der Waals surface area contributed by atoms with E-state index in [4.69, 9.17) is 0 Å². The molecule has 0 radical (unpaired) electrons. The number of piperazine rings is 1. The van der Waals surface area contributed by atoms with Crippen LogP contribution in [0.2, 0.25) is 0 Å². The van der Waals surface area contributed by atoms with Crippen LogP contribution in [0.25, 0.3) is 0 Å². The number of halogens is 5. The molecular formula is C13H13BrF3IN2O. The summed E-state index contributed by atoms with van der Waals surface area (Å²) >= 11 is 5.51. The largest absolute Gasteiger partial charge is 0.401 e. The second-order valence-electron chi connectivity index (χ2n) is 4.78. The average Bonchev–Trinajstić information content (AvgIpc) is 2.40. The van der Waals surface area contributed by atoms with E-state index in [9.17, 15) is 18.0 Å². The first-order chi connectivity index (χ1) is 9.78. The molecule has 0 bridgehead atoms. The molecule has 0 spiro atoms. The molecule has 1 aliphatic rings. The molecule has 0 aromatic heterocycles. The molecule has 1 aliphatic heterocycles. The van der Waals surface area contributed by atoms with Gasteiger partial charge in [0.1, 0.15) is 0 Å². The number of hydrogen-bond donors (Lipinski definition) is 0. The van der Waals surface area contributed by atoms with E-state index in [1.807, 2.05) is 6.07 Å². The average molecular weight is 477 g/mol. The van der Waals surface area contributed by atoms with Gasteiger partial charge in [-0.05, 0) is 50.7 Å². The standard InChI is InChI=1S/C13H13BrF3IN2O/c14-11-9(2-1-3-10(11)18)12(21)20-6-4-19(5-7-20)8-13(15,16)17/h1-3H,4-8H2. The highest BCUT2D eigenvalue weighted by Gasteiger charge is 2.33. The van der Waals surface area contributed by atoms with E-state index in [0.29, 0.717) is 18.7 Å². The fourth-order valence-electron chi connectivity index (χ4n) is 2.20. The van der Waals surface area contributed by atoms with Gasteiger partial charge in [0.05, 0.1) is 12.1 Å². The fourth-order valence-corrected chi connectivity index (χ4v) is 3.13. The molecule has 0 saturated carbocycles. The van der Waals surface area contributed by atoms with Gasteiger partial charge in [0, 0.05) is 34.2 Å². The molecular weight excluding hydrogens is 464 g/mol. The monoisotopic (exact) mass is 476 g/mol. The van der Waals surface area contributed by atoms with Crippen LogP contribution in [0.15, 0.2) is 22.7 Å². The first kappa shape index (κ1) is 17.0. The van der Waals surface area contributed by atoms with Gasteiger partial charge >= 0.3 is 6.18 Å². The highest BCUT2D eigenvalue weighted by atomic mass is 127. The summed E-state index contributed by atoms with van der Waals surface area (Å²) in [6, 6.07) is 5.39. The maximum Gasteiger partial charge on any atom is 0.401 e. The van der Waals surface area contributed by atoms with Crippen molar-refractivity contribution < 1.29 is 18.0 Å². The minimum atomic E-state index is -4.19. The lowest BCUT2D eigenvalue weighted by Gasteiger charge is -2.35.